The van der Waals surface area contributed by atoms with Crippen LogP contribution >= 0.6 is 0 Å². The zero-order chi connectivity index (χ0) is 19.8. The number of piperidine rings is 1. The van der Waals surface area contributed by atoms with Crippen molar-refractivity contribution in [3.63, 3.8) is 0 Å². The fraction of sp³-hybridized carbons (Fsp3) is 0.556. The quantitative estimate of drug-likeness (QED) is 0.826. The molecular formula is C18H25N3O5S. The summed E-state index contributed by atoms with van der Waals surface area (Å²) in [6.45, 7) is 4.44. The molecule has 1 aromatic heterocycles. The summed E-state index contributed by atoms with van der Waals surface area (Å²) in [6.07, 6.45) is 2.12. The number of hydrogen-bond donors (Lipinski definition) is 1. The number of hydrogen-bond acceptors (Lipinski definition) is 5. The molecule has 2 atom stereocenters. The van der Waals surface area contributed by atoms with Gasteiger partial charge in [-0.05, 0) is 38.3 Å². The topological polar surface area (TPSA) is 102 Å². The van der Waals surface area contributed by atoms with E-state index in [1.165, 1.54) is 21.0 Å². The molecule has 0 spiro atoms. The maximum absolute atomic E-state index is 13.0. The maximum atomic E-state index is 13.0. The van der Waals surface area contributed by atoms with Crippen molar-refractivity contribution < 1.29 is 17.6 Å². The second kappa shape index (κ2) is 7.47. The van der Waals surface area contributed by atoms with Crippen molar-refractivity contribution in [3.8, 4) is 0 Å². The Morgan fingerprint density at radius 2 is 2.15 bits per heavy atom. The van der Waals surface area contributed by atoms with Crippen LogP contribution in [0.1, 0.15) is 33.1 Å². The summed E-state index contributed by atoms with van der Waals surface area (Å²) in [4.78, 5) is 24.1. The van der Waals surface area contributed by atoms with E-state index in [1.54, 1.807) is 13.1 Å². The van der Waals surface area contributed by atoms with Gasteiger partial charge in [-0.15, -0.1) is 0 Å². The van der Waals surface area contributed by atoms with Crippen molar-refractivity contribution in [1.82, 2.24) is 14.2 Å². The van der Waals surface area contributed by atoms with Crippen molar-refractivity contribution in [3.05, 3.63) is 28.7 Å². The molecule has 148 valence electrons. The van der Waals surface area contributed by atoms with E-state index in [0.717, 1.165) is 6.42 Å². The molecule has 0 unspecified atom stereocenters. The molecule has 1 amide bonds. The average Bonchev–Trinajstić information content (AvgIpc) is 2.95. The smallest absolute Gasteiger partial charge is 0.408 e. The Bertz CT molecular complexity index is 1010. The molecular weight excluding hydrogens is 370 g/mol. The Hall–Kier alpha value is -2.13. The highest BCUT2D eigenvalue weighted by molar-refractivity contribution is 7.89. The molecule has 1 aliphatic heterocycles. The van der Waals surface area contributed by atoms with Crippen LogP contribution in [-0.4, -0.2) is 42.3 Å². The van der Waals surface area contributed by atoms with E-state index in [1.807, 2.05) is 13.8 Å². The third kappa shape index (κ3) is 3.79. The van der Waals surface area contributed by atoms with Crippen LogP contribution in [-0.2, 0) is 21.9 Å². The number of rotatable bonds is 5. The molecule has 1 fully saturated rings. The van der Waals surface area contributed by atoms with Crippen LogP contribution in [0, 0.1) is 5.92 Å². The summed E-state index contributed by atoms with van der Waals surface area (Å²) in [5.41, 5.74) is 0.759. The zero-order valence-corrected chi connectivity index (χ0v) is 16.6. The number of oxazole rings is 1. The molecule has 8 nitrogen and oxygen atoms in total. The monoisotopic (exact) mass is 395 g/mol. The first-order chi connectivity index (χ1) is 12.7. The zero-order valence-electron chi connectivity index (χ0n) is 15.8. The van der Waals surface area contributed by atoms with Gasteiger partial charge in [0.2, 0.25) is 15.9 Å². The minimum atomic E-state index is -3.78. The summed E-state index contributed by atoms with van der Waals surface area (Å²) in [6, 6.07) is 4.46. The predicted octanol–water partition coefficient (Wildman–Crippen LogP) is 1.45. The van der Waals surface area contributed by atoms with Gasteiger partial charge in [-0.2, -0.15) is 4.31 Å². The lowest BCUT2D eigenvalue weighted by atomic mass is 9.98. The highest BCUT2D eigenvalue weighted by Gasteiger charge is 2.33. The van der Waals surface area contributed by atoms with Crippen LogP contribution in [0.2, 0.25) is 0 Å². The number of amides is 1. The summed E-state index contributed by atoms with van der Waals surface area (Å²) < 4.78 is 33.8. The maximum Gasteiger partial charge on any atom is 0.419 e. The highest BCUT2D eigenvalue weighted by atomic mass is 32.2. The van der Waals surface area contributed by atoms with E-state index < -0.39 is 15.8 Å². The van der Waals surface area contributed by atoms with Gasteiger partial charge < -0.3 is 9.73 Å². The Morgan fingerprint density at radius 3 is 2.85 bits per heavy atom. The summed E-state index contributed by atoms with van der Waals surface area (Å²) in [5.74, 6) is -1.01. The Labute approximate surface area is 158 Å². The van der Waals surface area contributed by atoms with Crippen LogP contribution in [0.25, 0.3) is 11.1 Å². The molecule has 0 aliphatic carbocycles. The fourth-order valence-corrected chi connectivity index (χ4v) is 4.80. The molecule has 9 heteroatoms. The molecule has 2 heterocycles. The second-order valence-corrected chi connectivity index (χ2v) is 9.01. The van der Waals surface area contributed by atoms with Gasteiger partial charge in [0.1, 0.15) is 0 Å². The first-order valence-corrected chi connectivity index (χ1v) is 10.6. The molecule has 3 rings (SSSR count). The van der Waals surface area contributed by atoms with Gasteiger partial charge in [0.15, 0.2) is 5.58 Å². The van der Waals surface area contributed by atoms with Gasteiger partial charge in [0.05, 0.1) is 16.3 Å². The third-order valence-corrected chi connectivity index (χ3v) is 7.02. The molecule has 0 saturated carbocycles. The normalized spacial score (nSPS) is 19.9. The third-order valence-electron chi connectivity index (χ3n) is 5.16. The Kier molecular flexibility index (Phi) is 5.43. The number of fused-ring (bicyclic) bond motifs is 1. The van der Waals surface area contributed by atoms with E-state index in [4.69, 9.17) is 4.42 Å². The summed E-state index contributed by atoms with van der Waals surface area (Å²) in [5, 5.41) is 2.93. The minimum absolute atomic E-state index is 0.0623. The lowest BCUT2D eigenvalue weighted by Crippen LogP contribution is -2.46. The molecule has 1 aliphatic rings. The molecule has 1 N–H and O–H groups in total. The van der Waals surface area contributed by atoms with Crippen LogP contribution in [0.15, 0.2) is 32.3 Å². The van der Waals surface area contributed by atoms with Crippen LogP contribution < -0.4 is 11.1 Å². The molecule has 0 bridgehead atoms. The van der Waals surface area contributed by atoms with Gasteiger partial charge in [-0.1, -0.05) is 6.92 Å². The molecule has 27 heavy (non-hydrogen) atoms. The summed E-state index contributed by atoms with van der Waals surface area (Å²) in [7, 11) is -2.21. The molecule has 0 radical (unpaired) electrons. The van der Waals surface area contributed by atoms with Gasteiger partial charge in [0.25, 0.3) is 0 Å². The van der Waals surface area contributed by atoms with Gasteiger partial charge in [-0.3, -0.25) is 9.36 Å². The number of nitrogens with one attached hydrogen (secondary N) is 1. The number of aryl methyl sites for hydroxylation is 1. The molecule has 1 aromatic carbocycles. The second-order valence-electron chi connectivity index (χ2n) is 7.08. The average molecular weight is 395 g/mol. The van der Waals surface area contributed by atoms with Crippen molar-refractivity contribution >= 4 is 27.0 Å². The van der Waals surface area contributed by atoms with Crippen molar-refractivity contribution in [2.45, 2.75) is 44.0 Å². The number of carbonyl (C=O) groups is 1. The van der Waals surface area contributed by atoms with Gasteiger partial charge >= 0.3 is 5.76 Å². The number of aromatic nitrogens is 1. The number of benzene rings is 1. The lowest BCUT2D eigenvalue weighted by molar-refractivity contribution is -0.126. The summed E-state index contributed by atoms with van der Waals surface area (Å²) >= 11 is 0. The van der Waals surface area contributed by atoms with Crippen molar-refractivity contribution in [2.75, 3.05) is 13.1 Å². The van der Waals surface area contributed by atoms with E-state index in [0.29, 0.717) is 24.9 Å². The minimum Gasteiger partial charge on any atom is -0.408 e. The van der Waals surface area contributed by atoms with Crippen molar-refractivity contribution in [1.29, 1.82) is 0 Å². The number of nitrogens with zero attached hydrogens (tertiary/aromatic N) is 2. The Balaban J connectivity index is 1.84. The van der Waals surface area contributed by atoms with Gasteiger partial charge in [-0.25, -0.2) is 13.2 Å². The van der Waals surface area contributed by atoms with Gasteiger partial charge in [0, 0.05) is 32.2 Å². The molecule has 1 saturated heterocycles. The fourth-order valence-electron chi connectivity index (χ4n) is 3.26. The lowest BCUT2D eigenvalue weighted by Gasteiger charge is -2.31. The first-order valence-electron chi connectivity index (χ1n) is 9.14. The highest BCUT2D eigenvalue weighted by Crippen LogP contribution is 2.26. The van der Waals surface area contributed by atoms with Crippen LogP contribution in [0.4, 0.5) is 0 Å². The van der Waals surface area contributed by atoms with E-state index in [9.17, 15) is 18.0 Å². The molecule has 2 aromatic rings. The predicted molar refractivity (Wildman–Crippen MR) is 101 cm³/mol. The van der Waals surface area contributed by atoms with Crippen molar-refractivity contribution in [2.24, 2.45) is 13.0 Å². The van der Waals surface area contributed by atoms with Crippen LogP contribution in [0.3, 0.4) is 0 Å². The SMILES string of the molecule is CC[C@@H](C)NC(=O)[C@@H]1CCCN(S(=O)(=O)c2ccc3c(c2)oc(=O)n3C)C1. The number of sulfonamides is 1. The standard InChI is InChI=1S/C18H25N3O5S/c1-4-12(2)19-17(22)13-6-5-9-21(11-13)27(24,25)14-7-8-15-16(10-14)26-18(23)20(15)3/h7-8,10,12-13H,4-6,9,11H2,1-3H3,(H,19,22)/t12-,13-/m1/s1. The number of carbonyl (C=O) groups excluding carboxylic acids is 1. The van der Waals surface area contributed by atoms with E-state index in [-0.39, 0.29) is 34.9 Å². The van der Waals surface area contributed by atoms with E-state index in [2.05, 4.69) is 5.32 Å². The van der Waals surface area contributed by atoms with E-state index >= 15 is 0 Å². The first kappa shape index (κ1) is 19.6. The van der Waals surface area contributed by atoms with Crippen LogP contribution in [0.5, 0.6) is 0 Å². The Morgan fingerprint density at radius 1 is 1.41 bits per heavy atom. The largest absolute Gasteiger partial charge is 0.419 e.